The van der Waals surface area contributed by atoms with Gasteiger partial charge in [0.05, 0.1) is 45.8 Å². The summed E-state index contributed by atoms with van der Waals surface area (Å²) in [7, 11) is -6.19. The molecule has 0 radical (unpaired) electrons. The first kappa shape index (κ1) is 23.6. The SMILES string of the molecule is COC(=O)c1ccc2c(c1Cl)C1(CCS(=O)(=O)CC1)C(C1CC1)N2S(=O)(=O)c1ccc(F)cc1. The van der Waals surface area contributed by atoms with Crippen LogP contribution < -0.4 is 4.31 Å². The first-order valence-corrected chi connectivity index (χ1v) is 14.6. The van der Waals surface area contributed by atoms with Gasteiger partial charge in [0.1, 0.15) is 15.7 Å². The molecule has 7 nitrogen and oxygen atoms in total. The fourth-order valence-electron chi connectivity index (χ4n) is 5.51. The zero-order chi connectivity index (χ0) is 24.5. The zero-order valence-corrected chi connectivity index (χ0v) is 20.7. The monoisotopic (exact) mass is 527 g/mol. The lowest BCUT2D eigenvalue weighted by atomic mass is 9.70. The average molecular weight is 528 g/mol. The number of nitrogens with zero attached hydrogens (tertiary/aromatic N) is 1. The van der Waals surface area contributed by atoms with Gasteiger partial charge in [0.15, 0.2) is 0 Å². The Morgan fingerprint density at radius 1 is 1.12 bits per heavy atom. The minimum absolute atomic E-state index is 0.0149. The lowest BCUT2D eigenvalue weighted by Crippen LogP contribution is -2.52. The Kier molecular flexibility index (Phi) is 5.49. The van der Waals surface area contributed by atoms with Gasteiger partial charge in [-0.1, -0.05) is 11.6 Å². The molecule has 182 valence electrons. The predicted octanol–water partition coefficient (Wildman–Crippen LogP) is 3.70. The van der Waals surface area contributed by atoms with E-state index in [1.54, 1.807) is 6.07 Å². The summed E-state index contributed by atoms with van der Waals surface area (Å²) in [5.41, 5.74) is 0.0507. The topological polar surface area (TPSA) is 97.8 Å². The summed E-state index contributed by atoms with van der Waals surface area (Å²) in [6, 6.07) is 7.03. The highest BCUT2D eigenvalue weighted by Crippen LogP contribution is 2.61. The maximum Gasteiger partial charge on any atom is 0.339 e. The number of fused-ring (bicyclic) bond motifs is 2. The molecule has 2 aromatic rings. The fraction of sp³-hybridized carbons (Fsp3) is 0.435. The van der Waals surface area contributed by atoms with Crippen LogP contribution in [0.2, 0.25) is 5.02 Å². The van der Waals surface area contributed by atoms with Gasteiger partial charge in [-0.25, -0.2) is 26.0 Å². The van der Waals surface area contributed by atoms with Crippen LogP contribution >= 0.6 is 11.6 Å². The highest BCUT2D eigenvalue weighted by Gasteiger charge is 2.61. The van der Waals surface area contributed by atoms with E-state index in [2.05, 4.69) is 0 Å². The van der Waals surface area contributed by atoms with Crippen molar-refractivity contribution >= 4 is 43.1 Å². The molecule has 11 heteroatoms. The number of esters is 1. The predicted molar refractivity (Wildman–Crippen MR) is 125 cm³/mol. The first-order chi connectivity index (χ1) is 16.0. The van der Waals surface area contributed by atoms with Crippen LogP contribution in [0.3, 0.4) is 0 Å². The molecule has 0 N–H and O–H groups in total. The number of rotatable bonds is 4. The lowest BCUT2D eigenvalue weighted by molar-refractivity contribution is 0.0600. The molecule has 1 saturated carbocycles. The summed E-state index contributed by atoms with van der Waals surface area (Å²) in [4.78, 5) is 12.3. The maximum atomic E-state index is 13.9. The van der Waals surface area contributed by atoms with Crippen molar-refractivity contribution < 1.29 is 30.8 Å². The van der Waals surface area contributed by atoms with E-state index >= 15 is 0 Å². The van der Waals surface area contributed by atoms with Crippen molar-refractivity contribution in [3.8, 4) is 0 Å². The molecule has 1 unspecified atom stereocenters. The Morgan fingerprint density at radius 3 is 2.29 bits per heavy atom. The quantitative estimate of drug-likeness (QED) is 0.562. The summed E-state index contributed by atoms with van der Waals surface area (Å²) < 4.78 is 72.3. The van der Waals surface area contributed by atoms with Gasteiger partial charge < -0.3 is 4.74 Å². The van der Waals surface area contributed by atoms with Crippen LogP contribution in [-0.4, -0.2) is 47.5 Å². The van der Waals surface area contributed by atoms with Crippen LogP contribution in [0.1, 0.15) is 41.6 Å². The summed E-state index contributed by atoms with van der Waals surface area (Å²) in [5, 5.41) is 0.0890. The number of hydrogen-bond donors (Lipinski definition) is 0. The standard InChI is InChI=1S/C23H23ClFNO6S2/c1-32-22(27)17-8-9-18-19(20(17)24)23(10-12-33(28,29)13-11-23)21(14-2-3-14)26(18)34(30,31)16-6-4-15(25)5-7-16/h4-9,14,21H,2-3,10-13H2,1H3. The summed E-state index contributed by atoms with van der Waals surface area (Å²) >= 11 is 6.77. The molecule has 1 saturated heterocycles. The smallest absolute Gasteiger partial charge is 0.339 e. The Hall–Kier alpha value is -2.17. The molecule has 2 aromatic carbocycles. The van der Waals surface area contributed by atoms with E-state index in [9.17, 15) is 26.0 Å². The van der Waals surface area contributed by atoms with Crippen LogP contribution in [-0.2, 0) is 30.0 Å². The number of anilines is 1. The average Bonchev–Trinajstić information content (AvgIpc) is 3.59. The number of carbonyl (C=O) groups is 1. The molecular formula is C23H23ClFNO6S2. The van der Waals surface area contributed by atoms with Gasteiger partial charge >= 0.3 is 5.97 Å². The molecule has 34 heavy (non-hydrogen) atoms. The Morgan fingerprint density at radius 2 is 1.74 bits per heavy atom. The van der Waals surface area contributed by atoms with E-state index in [1.165, 1.54) is 29.6 Å². The second-order valence-electron chi connectivity index (χ2n) is 9.16. The molecular weight excluding hydrogens is 505 g/mol. The highest BCUT2D eigenvalue weighted by atomic mass is 35.5. The lowest BCUT2D eigenvalue weighted by Gasteiger charge is -2.42. The van der Waals surface area contributed by atoms with E-state index in [0.717, 1.165) is 25.0 Å². The summed E-state index contributed by atoms with van der Waals surface area (Å²) in [5.74, 6) is -1.40. The van der Waals surface area contributed by atoms with Crippen molar-refractivity contribution in [2.75, 3.05) is 22.9 Å². The third-order valence-electron chi connectivity index (χ3n) is 7.24. The largest absolute Gasteiger partial charge is 0.465 e. The van der Waals surface area contributed by atoms with Crippen LogP contribution in [0, 0.1) is 11.7 Å². The number of sulfone groups is 1. The zero-order valence-electron chi connectivity index (χ0n) is 18.3. The Bertz CT molecular complexity index is 1370. The molecule has 1 atom stereocenters. The molecule has 1 spiro atoms. The number of halogens is 2. The van der Waals surface area contributed by atoms with Crippen molar-refractivity contribution in [1.29, 1.82) is 0 Å². The second kappa shape index (κ2) is 7.93. The fourth-order valence-corrected chi connectivity index (χ4v) is 9.29. The molecule has 0 bridgehead atoms. The van der Waals surface area contributed by atoms with Gasteiger partial charge in [-0.3, -0.25) is 4.31 Å². The first-order valence-electron chi connectivity index (χ1n) is 10.9. The van der Waals surface area contributed by atoms with E-state index in [0.29, 0.717) is 11.3 Å². The minimum Gasteiger partial charge on any atom is -0.465 e. The van der Waals surface area contributed by atoms with Gasteiger partial charge in [0.25, 0.3) is 10.0 Å². The minimum atomic E-state index is -4.14. The van der Waals surface area contributed by atoms with Gasteiger partial charge in [-0.2, -0.15) is 0 Å². The van der Waals surface area contributed by atoms with Gasteiger partial charge in [-0.05, 0) is 68.0 Å². The molecule has 2 aliphatic heterocycles. The van der Waals surface area contributed by atoms with Crippen LogP contribution in [0.4, 0.5) is 10.1 Å². The second-order valence-corrected chi connectivity index (χ2v) is 13.7. The third-order valence-corrected chi connectivity index (χ3v) is 11.1. The van der Waals surface area contributed by atoms with Crippen LogP contribution in [0.5, 0.6) is 0 Å². The molecule has 2 fully saturated rings. The number of hydrogen-bond acceptors (Lipinski definition) is 6. The molecule has 1 aliphatic carbocycles. The van der Waals surface area contributed by atoms with E-state index in [4.69, 9.17) is 16.3 Å². The summed E-state index contributed by atoms with van der Waals surface area (Å²) in [6.07, 6.45) is 1.99. The van der Waals surface area contributed by atoms with Gasteiger partial charge in [-0.15, -0.1) is 0 Å². The number of carbonyl (C=O) groups excluding carboxylic acids is 1. The molecule has 5 rings (SSSR count). The Labute approximate surface area is 202 Å². The van der Waals surface area contributed by atoms with Crippen LogP contribution in [0.25, 0.3) is 0 Å². The van der Waals surface area contributed by atoms with Crippen molar-refractivity contribution in [1.82, 2.24) is 0 Å². The molecule has 3 aliphatic rings. The van der Waals surface area contributed by atoms with E-state index < -0.39 is 43.1 Å². The number of sulfonamides is 1. The molecule has 2 heterocycles. The van der Waals surface area contributed by atoms with Crippen molar-refractivity contribution in [2.24, 2.45) is 5.92 Å². The summed E-state index contributed by atoms with van der Waals surface area (Å²) in [6.45, 7) is 0. The number of benzene rings is 2. The number of methoxy groups -OCH3 is 1. The van der Waals surface area contributed by atoms with Crippen LogP contribution in [0.15, 0.2) is 41.3 Å². The normalized spacial score (nSPS) is 23.0. The highest BCUT2D eigenvalue weighted by molar-refractivity contribution is 7.93. The van der Waals surface area contributed by atoms with Crippen molar-refractivity contribution in [3.05, 3.63) is 58.4 Å². The molecule has 0 aromatic heterocycles. The number of ether oxygens (including phenoxy) is 1. The van der Waals surface area contributed by atoms with Gasteiger partial charge in [0.2, 0.25) is 0 Å². The van der Waals surface area contributed by atoms with Crippen molar-refractivity contribution in [3.63, 3.8) is 0 Å². The maximum absolute atomic E-state index is 13.9. The van der Waals surface area contributed by atoms with E-state index in [1.807, 2.05) is 0 Å². The molecule has 0 amide bonds. The van der Waals surface area contributed by atoms with Gasteiger partial charge in [0, 0.05) is 11.0 Å². The van der Waals surface area contributed by atoms with E-state index in [-0.39, 0.29) is 45.7 Å². The van der Waals surface area contributed by atoms with Crippen molar-refractivity contribution in [2.45, 2.75) is 42.0 Å². The third kappa shape index (κ3) is 3.53. The Balaban J connectivity index is 1.77.